The third-order valence-corrected chi connectivity index (χ3v) is 4.14. The Morgan fingerprint density at radius 2 is 2.17 bits per heavy atom. The average Bonchev–Trinajstić information content (AvgIpc) is 3.02. The van der Waals surface area contributed by atoms with Crippen molar-refractivity contribution in [2.45, 2.75) is 6.42 Å². The van der Waals surface area contributed by atoms with Gasteiger partial charge in [0.1, 0.15) is 13.2 Å². The summed E-state index contributed by atoms with van der Waals surface area (Å²) in [5.41, 5.74) is 0.589. The molecule has 128 valence electrons. The SMILES string of the molecule is CNCC1CCN(C(=O)c2cc(OC)c3c(c2)OCCO3)C1.Cl. The predicted octanol–water partition coefficient (Wildman–Crippen LogP) is 1.57. The minimum Gasteiger partial charge on any atom is -0.493 e. The summed E-state index contributed by atoms with van der Waals surface area (Å²) in [6.07, 6.45) is 1.04. The number of rotatable bonds is 4. The molecule has 1 amide bonds. The van der Waals surface area contributed by atoms with E-state index in [-0.39, 0.29) is 18.3 Å². The van der Waals surface area contributed by atoms with Crippen molar-refractivity contribution in [2.24, 2.45) is 5.92 Å². The molecule has 1 aromatic carbocycles. The molecular weight excluding hydrogens is 320 g/mol. The van der Waals surface area contributed by atoms with Gasteiger partial charge in [0.2, 0.25) is 5.75 Å². The normalized spacial score (nSPS) is 19.2. The molecule has 7 heteroatoms. The van der Waals surface area contributed by atoms with Gasteiger partial charge >= 0.3 is 0 Å². The van der Waals surface area contributed by atoms with Crippen LogP contribution in [-0.2, 0) is 0 Å². The number of methoxy groups -OCH3 is 1. The first kappa shape index (κ1) is 17.7. The summed E-state index contributed by atoms with van der Waals surface area (Å²) < 4.78 is 16.5. The van der Waals surface area contributed by atoms with E-state index in [4.69, 9.17) is 14.2 Å². The fraction of sp³-hybridized carbons (Fsp3) is 0.562. The number of halogens is 1. The molecule has 1 atom stereocenters. The third-order valence-electron chi connectivity index (χ3n) is 4.14. The number of hydrogen-bond donors (Lipinski definition) is 1. The van der Waals surface area contributed by atoms with E-state index in [1.807, 2.05) is 11.9 Å². The molecule has 1 saturated heterocycles. The van der Waals surface area contributed by atoms with Crippen LogP contribution in [-0.4, -0.2) is 57.8 Å². The van der Waals surface area contributed by atoms with Gasteiger partial charge in [0.05, 0.1) is 7.11 Å². The van der Waals surface area contributed by atoms with Crippen LogP contribution in [0.1, 0.15) is 16.8 Å². The van der Waals surface area contributed by atoms with E-state index in [2.05, 4.69) is 5.32 Å². The minimum absolute atomic E-state index is 0. The van der Waals surface area contributed by atoms with Crippen molar-refractivity contribution in [3.63, 3.8) is 0 Å². The number of nitrogens with zero attached hydrogens (tertiary/aromatic N) is 1. The van der Waals surface area contributed by atoms with Gasteiger partial charge in [-0.05, 0) is 38.1 Å². The molecule has 1 N–H and O–H groups in total. The fourth-order valence-electron chi connectivity index (χ4n) is 3.05. The molecule has 2 aliphatic heterocycles. The highest BCUT2D eigenvalue weighted by Crippen LogP contribution is 2.40. The Morgan fingerprint density at radius 1 is 1.39 bits per heavy atom. The first-order valence-corrected chi connectivity index (χ1v) is 7.64. The average molecular weight is 343 g/mol. The van der Waals surface area contributed by atoms with Gasteiger partial charge in [-0.15, -0.1) is 12.4 Å². The molecule has 0 aromatic heterocycles. The maximum atomic E-state index is 12.7. The molecule has 3 rings (SSSR count). The van der Waals surface area contributed by atoms with E-state index in [1.165, 1.54) is 0 Å². The van der Waals surface area contributed by atoms with Crippen molar-refractivity contribution in [1.29, 1.82) is 0 Å². The summed E-state index contributed by atoms with van der Waals surface area (Å²) in [7, 11) is 3.51. The van der Waals surface area contributed by atoms with E-state index < -0.39 is 0 Å². The van der Waals surface area contributed by atoms with Gasteiger partial charge in [-0.3, -0.25) is 4.79 Å². The number of carbonyl (C=O) groups is 1. The van der Waals surface area contributed by atoms with Crippen LogP contribution in [0.25, 0.3) is 0 Å². The lowest BCUT2D eigenvalue weighted by Crippen LogP contribution is -2.30. The molecule has 1 aromatic rings. The summed E-state index contributed by atoms with van der Waals surface area (Å²) in [6, 6.07) is 3.49. The number of carbonyl (C=O) groups excluding carboxylic acids is 1. The van der Waals surface area contributed by atoms with Crippen molar-refractivity contribution < 1.29 is 19.0 Å². The lowest BCUT2D eigenvalue weighted by molar-refractivity contribution is 0.0785. The fourth-order valence-corrected chi connectivity index (χ4v) is 3.05. The van der Waals surface area contributed by atoms with E-state index in [1.54, 1.807) is 19.2 Å². The predicted molar refractivity (Wildman–Crippen MR) is 89.2 cm³/mol. The van der Waals surface area contributed by atoms with Gasteiger partial charge in [0.15, 0.2) is 11.5 Å². The zero-order chi connectivity index (χ0) is 15.5. The molecule has 0 radical (unpaired) electrons. The topological polar surface area (TPSA) is 60.0 Å². The van der Waals surface area contributed by atoms with Crippen LogP contribution >= 0.6 is 12.4 Å². The van der Waals surface area contributed by atoms with Gasteiger partial charge in [-0.1, -0.05) is 0 Å². The van der Waals surface area contributed by atoms with Crippen molar-refractivity contribution in [1.82, 2.24) is 10.2 Å². The van der Waals surface area contributed by atoms with Crippen molar-refractivity contribution >= 4 is 18.3 Å². The second kappa shape index (κ2) is 7.75. The Kier molecular flexibility index (Phi) is 5.96. The Balaban J connectivity index is 0.00000192. The minimum atomic E-state index is 0. The molecule has 1 fully saturated rings. The lowest BCUT2D eigenvalue weighted by Gasteiger charge is -2.23. The van der Waals surface area contributed by atoms with Crippen LogP contribution < -0.4 is 19.5 Å². The highest BCUT2D eigenvalue weighted by Gasteiger charge is 2.28. The van der Waals surface area contributed by atoms with Crippen LogP contribution in [0.5, 0.6) is 17.2 Å². The summed E-state index contributed by atoms with van der Waals surface area (Å²) in [5.74, 6) is 2.26. The van der Waals surface area contributed by atoms with Gasteiger partial charge in [-0.2, -0.15) is 0 Å². The number of likely N-dealkylation sites (tertiary alicyclic amines) is 1. The monoisotopic (exact) mass is 342 g/mol. The largest absolute Gasteiger partial charge is 0.493 e. The molecule has 0 spiro atoms. The molecule has 0 aliphatic carbocycles. The highest BCUT2D eigenvalue weighted by molar-refractivity contribution is 5.95. The number of ether oxygens (including phenoxy) is 3. The zero-order valence-electron chi connectivity index (χ0n) is 13.5. The summed E-state index contributed by atoms with van der Waals surface area (Å²) in [5, 5.41) is 3.17. The molecule has 0 bridgehead atoms. The molecule has 2 aliphatic rings. The maximum Gasteiger partial charge on any atom is 0.254 e. The standard InChI is InChI=1S/C16H22N2O4.ClH/c1-17-9-11-3-4-18(10-11)16(19)12-7-13(20-2)15-14(8-12)21-5-6-22-15;/h7-8,11,17H,3-6,9-10H2,1-2H3;1H. The maximum absolute atomic E-state index is 12.7. The van der Waals surface area contributed by atoms with Crippen molar-refractivity contribution in [3.8, 4) is 17.2 Å². The molecule has 6 nitrogen and oxygen atoms in total. The van der Waals surface area contributed by atoms with Gasteiger partial charge in [0.25, 0.3) is 5.91 Å². The number of amides is 1. The number of benzene rings is 1. The van der Waals surface area contributed by atoms with Crippen LogP contribution in [0.4, 0.5) is 0 Å². The Morgan fingerprint density at radius 3 is 2.91 bits per heavy atom. The Labute approximate surface area is 142 Å². The Hall–Kier alpha value is -1.66. The third kappa shape index (κ3) is 3.64. The first-order valence-electron chi connectivity index (χ1n) is 7.64. The van der Waals surface area contributed by atoms with E-state index in [0.29, 0.717) is 41.9 Å². The second-order valence-corrected chi connectivity index (χ2v) is 5.67. The molecular formula is C16H23ClN2O4. The second-order valence-electron chi connectivity index (χ2n) is 5.67. The number of hydrogen-bond acceptors (Lipinski definition) is 5. The van der Waals surface area contributed by atoms with Crippen molar-refractivity contribution in [2.75, 3.05) is 47.0 Å². The quantitative estimate of drug-likeness (QED) is 0.900. The highest BCUT2D eigenvalue weighted by atomic mass is 35.5. The van der Waals surface area contributed by atoms with E-state index in [9.17, 15) is 4.79 Å². The summed E-state index contributed by atoms with van der Waals surface area (Å²) in [4.78, 5) is 14.6. The van der Waals surface area contributed by atoms with Crippen LogP contribution in [0.3, 0.4) is 0 Å². The summed E-state index contributed by atoms with van der Waals surface area (Å²) >= 11 is 0. The van der Waals surface area contributed by atoms with Gasteiger partial charge in [-0.25, -0.2) is 0 Å². The lowest BCUT2D eigenvalue weighted by atomic mass is 10.1. The first-order chi connectivity index (χ1) is 10.7. The van der Waals surface area contributed by atoms with E-state index in [0.717, 1.165) is 26.1 Å². The van der Waals surface area contributed by atoms with Crippen LogP contribution in [0.15, 0.2) is 12.1 Å². The number of fused-ring (bicyclic) bond motifs is 1. The van der Waals surface area contributed by atoms with Crippen LogP contribution in [0.2, 0.25) is 0 Å². The van der Waals surface area contributed by atoms with Crippen molar-refractivity contribution in [3.05, 3.63) is 17.7 Å². The van der Waals surface area contributed by atoms with Gasteiger partial charge in [0, 0.05) is 18.7 Å². The zero-order valence-corrected chi connectivity index (χ0v) is 14.3. The van der Waals surface area contributed by atoms with E-state index >= 15 is 0 Å². The van der Waals surface area contributed by atoms with Crippen LogP contribution in [0, 0.1) is 5.92 Å². The summed E-state index contributed by atoms with van der Waals surface area (Å²) in [6.45, 7) is 3.50. The molecule has 2 heterocycles. The Bertz CT molecular complexity index is 550. The molecule has 23 heavy (non-hydrogen) atoms. The van der Waals surface area contributed by atoms with Gasteiger partial charge < -0.3 is 24.4 Å². The number of nitrogens with one attached hydrogen (secondary N) is 1. The molecule has 1 unspecified atom stereocenters. The smallest absolute Gasteiger partial charge is 0.254 e. The molecule has 0 saturated carbocycles.